The van der Waals surface area contributed by atoms with E-state index in [1.807, 2.05) is 0 Å². The molecule has 3 nitrogen and oxygen atoms in total. The van der Waals surface area contributed by atoms with Gasteiger partial charge in [-0.05, 0) is 18.8 Å². The SMILES string of the molecule is CCCCC(CCC)CNC(=O)CN.Cl. The number of nitrogens with one attached hydrogen (secondary N) is 1. The van der Waals surface area contributed by atoms with E-state index in [1.54, 1.807) is 0 Å². The monoisotopic (exact) mass is 236 g/mol. The van der Waals surface area contributed by atoms with Crippen LogP contribution in [-0.4, -0.2) is 19.0 Å². The highest BCUT2D eigenvalue weighted by atomic mass is 35.5. The molecule has 1 atom stereocenters. The summed E-state index contributed by atoms with van der Waals surface area (Å²) >= 11 is 0. The summed E-state index contributed by atoms with van der Waals surface area (Å²) in [6, 6.07) is 0. The quantitative estimate of drug-likeness (QED) is 0.678. The average molecular weight is 237 g/mol. The van der Waals surface area contributed by atoms with Gasteiger partial charge in [-0.15, -0.1) is 12.4 Å². The van der Waals surface area contributed by atoms with Crippen LogP contribution in [0, 0.1) is 5.92 Å². The zero-order valence-electron chi connectivity index (χ0n) is 9.92. The zero-order valence-corrected chi connectivity index (χ0v) is 10.7. The lowest BCUT2D eigenvalue weighted by atomic mass is 9.97. The highest BCUT2D eigenvalue weighted by molar-refractivity contribution is 5.85. The van der Waals surface area contributed by atoms with Crippen LogP contribution >= 0.6 is 12.4 Å². The number of amides is 1. The summed E-state index contributed by atoms with van der Waals surface area (Å²) in [6.07, 6.45) is 6.08. The summed E-state index contributed by atoms with van der Waals surface area (Å²) in [4.78, 5) is 11.0. The van der Waals surface area contributed by atoms with E-state index in [2.05, 4.69) is 19.2 Å². The van der Waals surface area contributed by atoms with E-state index in [1.165, 1.54) is 32.1 Å². The van der Waals surface area contributed by atoms with Gasteiger partial charge in [0, 0.05) is 6.54 Å². The molecule has 0 aliphatic rings. The fourth-order valence-electron chi connectivity index (χ4n) is 1.58. The van der Waals surface area contributed by atoms with Gasteiger partial charge in [0.05, 0.1) is 6.54 Å². The Morgan fingerprint density at radius 2 is 1.93 bits per heavy atom. The van der Waals surface area contributed by atoms with Gasteiger partial charge in [0.1, 0.15) is 0 Å². The first-order valence-electron chi connectivity index (χ1n) is 5.71. The van der Waals surface area contributed by atoms with Crippen molar-refractivity contribution in [1.29, 1.82) is 0 Å². The first-order valence-corrected chi connectivity index (χ1v) is 5.71. The van der Waals surface area contributed by atoms with Crippen LogP contribution in [0.1, 0.15) is 46.0 Å². The van der Waals surface area contributed by atoms with Gasteiger partial charge in [0.25, 0.3) is 0 Å². The minimum atomic E-state index is -0.0393. The first kappa shape index (κ1) is 17.1. The van der Waals surface area contributed by atoms with Gasteiger partial charge >= 0.3 is 0 Å². The van der Waals surface area contributed by atoms with Crippen LogP contribution in [0.5, 0.6) is 0 Å². The number of nitrogens with two attached hydrogens (primary N) is 1. The van der Waals surface area contributed by atoms with Crippen LogP contribution in [0.25, 0.3) is 0 Å². The average Bonchev–Trinajstić information content (AvgIpc) is 2.21. The molecule has 0 aliphatic carbocycles. The highest BCUT2D eigenvalue weighted by Crippen LogP contribution is 2.13. The summed E-state index contributed by atoms with van der Waals surface area (Å²) in [5, 5.41) is 2.86. The van der Waals surface area contributed by atoms with Gasteiger partial charge in [0.15, 0.2) is 0 Å². The van der Waals surface area contributed by atoms with Crippen molar-refractivity contribution in [3.63, 3.8) is 0 Å². The molecular formula is C11H25ClN2O. The smallest absolute Gasteiger partial charge is 0.233 e. The molecule has 15 heavy (non-hydrogen) atoms. The molecule has 1 unspecified atom stereocenters. The molecule has 0 rings (SSSR count). The van der Waals surface area contributed by atoms with Crippen LogP contribution in [0.3, 0.4) is 0 Å². The lowest BCUT2D eigenvalue weighted by Gasteiger charge is -2.16. The predicted octanol–water partition coefficient (Wildman–Crippen LogP) is 2.09. The number of carbonyl (C=O) groups is 1. The van der Waals surface area contributed by atoms with Crippen LogP contribution < -0.4 is 11.1 Å². The van der Waals surface area contributed by atoms with Crippen molar-refractivity contribution >= 4 is 18.3 Å². The third-order valence-electron chi connectivity index (χ3n) is 2.44. The number of rotatable bonds is 8. The largest absolute Gasteiger partial charge is 0.355 e. The Kier molecular flexibility index (Phi) is 13.5. The number of hydrogen-bond acceptors (Lipinski definition) is 2. The summed E-state index contributed by atoms with van der Waals surface area (Å²) in [5.41, 5.74) is 5.22. The zero-order chi connectivity index (χ0) is 10.8. The van der Waals surface area contributed by atoms with Crippen molar-refractivity contribution in [3.05, 3.63) is 0 Å². The Morgan fingerprint density at radius 3 is 2.40 bits per heavy atom. The molecule has 0 aromatic rings. The molecule has 0 aliphatic heterocycles. The molecule has 0 aromatic carbocycles. The third kappa shape index (κ3) is 10.0. The maximum atomic E-state index is 11.0. The molecule has 4 heteroatoms. The second kappa shape index (κ2) is 11.8. The van der Waals surface area contributed by atoms with Gasteiger partial charge in [-0.3, -0.25) is 4.79 Å². The lowest BCUT2D eigenvalue weighted by molar-refractivity contribution is -0.119. The van der Waals surface area contributed by atoms with Gasteiger partial charge in [-0.2, -0.15) is 0 Å². The molecule has 1 amide bonds. The summed E-state index contributed by atoms with van der Waals surface area (Å²) in [5.74, 6) is 0.595. The van der Waals surface area contributed by atoms with E-state index >= 15 is 0 Å². The number of halogens is 1. The minimum absolute atomic E-state index is 0. The Morgan fingerprint density at radius 1 is 1.27 bits per heavy atom. The Labute approximate surface area is 99.6 Å². The van der Waals surface area contributed by atoms with Gasteiger partial charge < -0.3 is 11.1 Å². The number of unbranched alkanes of at least 4 members (excludes halogenated alkanes) is 1. The van der Waals surface area contributed by atoms with Crippen molar-refractivity contribution in [2.75, 3.05) is 13.1 Å². The minimum Gasteiger partial charge on any atom is -0.355 e. The van der Waals surface area contributed by atoms with E-state index < -0.39 is 0 Å². The van der Waals surface area contributed by atoms with E-state index in [0.717, 1.165) is 6.54 Å². The van der Waals surface area contributed by atoms with Crippen LogP contribution in [0.4, 0.5) is 0 Å². The Hall–Kier alpha value is -0.280. The standard InChI is InChI=1S/C11H24N2O.ClH/c1-3-5-7-10(6-4-2)9-13-11(14)8-12;/h10H,3-9,12H2,1-2H3,(H,13,14);1H. The van der Waals surface area contributed by atoms with E-state index in [0.29, 0.717) is 5.92 Å². The maximum Gasteiger partial charge on any atom is 0.233 e. The second-order valence-electron chi connectivity index (χ2n) is 3.81. The molecule has 0 saturated heterocycles. The maximum absolute atomic E-state index is 11.0. The van der Waals surface area contributed by atoms with Crippen molar-refractivity contribution < 1.29 is 4.79 Å². The molecule has 0 radical (unpaired) electrons. The fraction of sp³-hybridized carbons (Fsp3) is 0.909. The van der Waals surface area contributed by atoms with E-state index in [-0.39, 0.29) is 24.9 Å². The Balaban J connectivity index is 0. The molecule has 0 saturated carbocycles. The topological polar surface area (TPSA) is 55.1 Å². The summed E-state index contributed by atoms with van der Waals surface area (Å²) < 4.78 is 0. The molecule has 0 spiro atoms. The summed E-state index contributed by atoms with van der Waals surface area (Å²) in [6.45, 7) is 5.28. The highest BCUT2D eigenvalue weighted by Gasteiger charge is 2.08. The first-order chi connectivity index (χ1) is 6.74. The molecule has 0 fully saturated rings. The molecular weight excluding hydrogens is 212 g/mol. The molecule has 0 bridgehead atoms. The molecule has 92 valence electrons. The van der Waals surface area contributed by atoms with Gasteiger partial charge in [0.2, 0.25) is 5.91 Å². The van der Waals surface area contributed by atoms with Crippen molar-refractivity contribution in [1.82, 2.24) is 5.32 Å². The molecule has 0 aromatic heterocycles. The van der Waals surface area contributed by atoms with Crippen LogP contribution in [0.2, 0.25) is 0 Å². The van der Waals surface area contributed by atoms with Crippen molar-refractivity contribution in [3.8, 4) is 0 Å². The number of hydrogen-bond donors (Lipinski definition) is 2. The third-order valence-corrected chi connectivity index (χ3v) is 2.44. The fourth-order valence-corrected chi connectivity index (χ4v) is 1.58. The van der Waals surface area contributed by atoms with Crippen molar-refractivity contribution in [2.24, 2.45) is 11.7 Å². The van der Waals surface area contributed by atoms with Crippen molar-refractivity contribution in [2.45, 2.75) is 46.0 Å². The molecule has 3 N–H and O–H groups in total. The van der Waals surface area contributed by atoms with Crippen LogP contribution in [0.15, 0.2) is 0 Å². The molecule has 0 heterocycles. The van der Waals surface area contributed by atoms with Gasteiger partial charge in [-0.1, -0.05) is 33.1 Å². The van der Waals surface area contributed by atoms with Gasteiger partial charge in [-0.25, -0.2) is 0 Å². The second-order valence-corrected chi connectivity index (χ2v) is 3.81. The predicted molar refractivity (Wildman–Crippen MR) is 67.2 cm³/mol. The van der Waals surface area contributed by atoms with E-state index in [9.17, 15) is 4.79 Å². The van der Waals surface area contributed by atoms with Crippen LogP contribution in [-0.2, 0) is 4.79 Å². The normalized spacial score (nSPS) is 11.7. The lowest BCUT2D eigenvalue weighted by Crippen LogP contribution is -2.34. The Bertz CT molecular complexity index is 154. The number of carbonyl (C=O) groups excluding carboxylic acids is 1. The summed E-state index contributed by atoms with van der Waals surface area (Å²) in [7, 11) is 0. The van der Waals surface area contributed by atoms with E-state index in [4.69, 9.17) is 5.73 Å².